The Morgan fingerprint density at radius 1 is 1.04 bits per heavy atom. The number of hydrogen-bond donors (Lipinski definition) is 3. The van der Waals surface area contributed by atoms with Crippen molar-refractivity contribution in [1.29, 1.82) is 0 Å². The van der Waals surface area contributed by atoms with E-state index in [2.05, 4.69) is 23.5 Å². The first-order chi connectivity index (χ1) is 11.8. The molecule has 8 N–H and O–H groups in total. The van der Waals surface area contributed by atoms with Gasteiger partial charge in [0.15, 0.2) is 0 Å². The van der Waals surface area contributed by atoms with Crippen LogP contribution < -0.4 is 17.4 Å². The van der Waals surface area contributed by atoms with Gasteiger partial charge in [-0.3, -0.25) is 11.7 Å². The molecule has 0 saturated heterocycles. The Morgan fingerprint density at radius 2 is 1.72 bits per heavy atom. The largest absolute Gasteiger partial charge is 0.465 e. The quantitative estimate of drug-likeness (QED) is 0.326. The number of ether oxygens (including phenoxy) is 1. The Balaban J connectivity index is 0.00000185. The van der Waals surface area contributed by atoms with E-state index in [1.807, 2.05) is 42.5 Å². The summed E-state index contributed by atoms with van der Waals surface area (Å²) in [5.74, 6) is 14.0. The minimum atomic E-state index is -0.338. The summed E-state index contributed by atoms with van der Waals surface area (Å²) >= 11 is 0. The zero-order valence-electron chi connectivity index (χ0n) is 14.3. The zero-order valence-corrected chi connectivity index (χ0v) is 14.3. The second-order valence-electron chi connectivity index (χ2n) is 4.83. The van der Waals surface area contributed by atoms with Crippen LogP contribution in [0.25, 0.3) is 0 Å². The van der Waals surface area contributed by atoms with Crippen LogP contribution in [-0.4, -0.2) is 25.1 Å². The molecule has 0 amide bonds. The molecule has 0 aliphatic carbocycles. The lowest BCUT2D eigenvalue weighted by Crippen LogP contribution is -2.09. The van der Waals surface area contributed by atoms with E-state index in [1.165, 1.54) is 7.11 Å². The lowest BCUT2D eigenvalue weighted by molar-refractivity contribution is 0.0599. The van der Waals surface area contributed by atoms with Crippen molar-refractivity contribution in [3.8, 4) is 11.8 Å². The summed E-state index contributed by atoms with van der Waals surface area (Å²) in [6.45, 7) is 0.570. The molecule has 2 rings (SSSR count). The minimum absolute atomic E-state index is 0. The molecule has 2 aromatic carbocycles. The van der Waals surface area contributed by atoms with Crippen LogP contribution >= 0.6 is 0 Å². The Bertz CT molecular complexity index is 707. The van der Waals surface area contributed by atoms with Crippen LogP contribution in [0.4, 0.5) is 0 Å². The fourth-order valence-corrected chi connectivity index (χ4v) is 2.21. The van der Waals surface area contributed by atoms with E-state index in [-0.39, 0.29) is 11.4 Å². The first-order valence-electron chi connectivity index (χ1n) is 7.57. The molecule has 0 aliphatic heterocycles. The summed E-state index contributed by atoms with van der Waals surface area (Å²) in [7, 11) is 1.39. The number of hydrazine groups is 1. The van der Waals surface area contributed by atoms with Gasteiger partial charge in [-0.25, -0.2) is 4.79 Å². The van der Waals surface area contributed by atoms with Crippen molar-refractivity contribution in [1.82, 2.24) is 0 Å². The van der Waals surface area contributed by atoms with Crippen LogP contribution in [0.3, 0.4) is 0 Å². The average Bonchev–Trinajstić information content (AvgIpc) is 2.66. The first kappa shape index (κ1) is 22.3. The van der Waals surface area contributed by atoms with Crippen molar-refractivity contribution in [3.63, 3.8) is 0 Å². The highest BCUT2D eigenvalue weighted by Crippen LogP contribution is 2.17. The SMILES string of the molecule is COC(=O)c1cccc(C#Cc2ccccc2)c1CCCN.NN.O. The number of hydrogen-bond acceptors (Lipinski definition) is 5. The molecular weight excluding hydrogens is 318 g/mol. The van der Waals surface area contributed by atoms with Gasteiger partial charge in [-0.05, 0) is 49.2 Å². The van der Waals surface area contributed by atoms with Gasteiger partial charge >= 0.3 is 5.97 Å². The van der Waals surface area contributed by atoms with Crippen LogP contribution in [0.15, 0.2) is 48.5 Å². The summed E-state index contributed by atoms with van der Waals surface area (Å²) < 4.78 is 4.86. The van der Waals surface area contributed by atoms with E-state index in [4.69, 9.17) is 10.5 Å². The number of nitrogens with two attached hydrogens (primary N) is 3. The Labute approximate surface area is 148 Å². The third kappa shape index (κ3) is 6.75. The zero-order chi connectivity index (χ0) is 17.8. The van der Waals surface area contributed by atoms with E-state index < -0.39 is 0 Å². The lowest BCUT2D eigenvalue weighted by atomic mass is 9.96. The highest BCUT2D eigenvalue weighted by molar-refractivity contribution is 5.91. The van der Waals surface area contributed by atoms with E-state index >= 15 is 0 Å². The van der Waals surface area contributed by atoms with E-state index in [1.54, 1.807) is 6.07 Å². The average molecular weight is 343 g/mol. The molecule has 0 aliphatic rings. The van der Waals surface area contributed by atoms with E-state index in [0.29, 0.717) is 18.5 Å². The van der Waals surface area contributed by atoms with E-state index in [0.717, 1.165) is 23.1 Å². The fourth-order valence-electron chi connectivity index (χ4n) is 2.21. The van der Waals surface area contributed by atoms with Crippen LogP contribution in [0.5, 0.6) is 0 Å². The predicted octanol–water partition coefficient (Wildman–Crippen LogP) is 0.758. The normalized spacial score (nSPS) is 8.80. The van der Waals surface area contributed by atoms with Crippen LogP contribution in [-0.2, 0) is 11.2 Å². The minimum Gasteiger partial charge on any atom is -0.465 e. The molecule has 2 aromatic rings. The Morgan fingerprint density at radius 3 is 2.32 bits per heavy atom. The summed E-state index contributed by atoms with van der Waals surface area (Å²) in [5, 5.41) is 0. The number of carbonyl (C=O) groups is 1. The maximum atomic E-state index is 11.9. The van der Waals surface area contributed by atoms with Crippen molar-refractivity contribution in [2.45, 2.75) is 12.8 Å². The fraction of sp³-hybridized carbons (Fsp3) is 0.211. The highest BCUT2D eigenvalue weighted by Gasteiger charge is 2.13. The van der Waals surface area contributed by atoms with Gasteiger partial charge in [-0.2, -0.15) is 0 Å². The maximum absolute atomic E-state index is 11.9. The Kier molecular flexibility index (Phi) is 11.3. The molecule has 0 saturated carbocycles. The third-order valence-corrected chi connectivity index (χ3v) is 3.33. The highest BCUT2D eigenvalue weighted by atomic mass is 16.5. The van der Waals surface area contributed by atoms with Gasteiger partial charge in [0.2, 0.25) is 0 Å². The molecular formula is C19H25N3O3. The number of esters is 1. The van der Waals surface area contributed by atoms with Crippen LogP contribution in [0.1, 0.15) is 33.5 Å². The molecule has 134 valence electrons. The molecule has 0 radical (unpaired) electrons. The third-order valence-electron chi connectivity index (χ3n) is 3.33. The summed E-state index contributed by atoms with van der Waals surface area (Å²) in [6, 6.07) is 15.3. The van der Waals surface area contributed by atoms with Crippen molar-refractivity contribution in [2.75, 3.05) is 13.7 Å². The summed E-state index contributed by atoms with van der Waals surface area (Å²) in [6.07, 6.45) is 1.51. The molecule has 0 atom stereocenters. The van der Waals surface area contributed by atoms with Crippen molar-refractivity contribution >= 4 is 5.97 Å². The van der Waals surface area contributed by atoms with E-state index in [9.17, 15) is 4.79 Å². The molecule has 6 heteroatoms. The lowest BCUT2D eigenvalue weighted by Gasteiger charge is -2.09. The molecule has 0 bridgehead atoms. The monoisotopic (exact) mass is 343 g/mol. The molecule has 0 heterocycles. The van der Waals surface area contributed by atoms with Crippen molar-refractivity contribution in [3.05, 3.63) is 70.8 Å². The molecule has 0 fully saturated rings. The molecule has 0 unspecified atom stereocenters. The molecule has 0 aromatic heterocycles. The van der Waals surface area contributed by atoms with Crippen LogP contribution in [0, 0.1) is 11.8 Å². The standard InChI is InChI=1S/C19H19NO2.H4N2.H2O/c1-22-19(21)18-10-5-9-16(17(18)11-6-14-20)13-12-15-7-3-2-4-8-15;1-2;/h2-5,7-10H,6,11,14,20H2,1H3;1-2H2;1H2. The number of benzene rings is 2. The van der Waals surface area contributed by atoms with Gasteiger partial charge in [-0.15, -0.1) is 0 Å². The Hall–Kier alpha value is -2.69. The van der Waals surface area contributed by atoms with Gasteiger partial charge in [-0.1, -0.05) is 36.1 Å². The number of methoxy groups -OCH3 is 1. The number of rotatable bonds is 4. The van der Waals surface area contributed by atoms with Gasteiger partial charge in [0.1, 0.15) is 0 Å². The summed E-state index contributed by atoms with van der Waals surface area (Å²) in [4.78, 5) is 11.9. The predicted molar refractivity (Wildman–Crippen MR) is 99.6 cm³/mol. The second-order valence-corrected chi connectivity index (χ2v) is 4.83. The topological polar surface area (TPSA) is 136 Å². The van der Waals surface area contributed by atoms with Crippen molar-refractivity contribution < 1.29 is 15.0 Å². The number of carbonyl (C=O) groups excluding carboxylic acids is 1. The van der Waals surface area contributed by atoms with Gasteiger partial charge in [0.25, 0.3) is 0 Å². The first-order valence-corrected chi connectivity index (χ1v) is 7.57. The van der Waals surface area contributed by atoms with Crippen LogP contribution in [0.2, 0.25) is 0 Å². The van der Waals surface area contributed by atoms with Gasteiger partial charge < -0.3 is 15.9 Å². The molecule has 6 nitrogen and oxygen atoms in total. The second kappa shape index (κ2) is 12.7. The smallest absolute Gasteiger partial charge is 0.338 e. The van der Waals surface area contributed by atoms with Crippen molar-refractivity contribution in [2.24, 2.45) is 17.4 Å². The van der Waals surface area contributed by atoms with Gasteiger partial charge in [0.05, 0.1) is 12.7 Å². The molecule has 0 spiro atoms. The molecule has 25 heavy (non-hydrogen) atoms. The summed E-state index contributed by atoms with van der Waals surface area (Å²) in [5.41, 5.74) is 8.86. The van der Waals surface area contributed by atoms with Gasteiger partial charge in [0, 0.05) is 11.1 Å². The maximum Gasteiger partial charge on any atom is 0.338 e.